The molecule has 0 saturated heterocycles. The summed E-state index contributed by atoms with van der Waals surface area (Å²) in [5, 5.41) is 11.9. The third-order valence-electron chi connectivity index (χ3n) is 6.69. The maximum absolute atomic E-state index is 13.7. The SMILES string of the molecule is Cc1ccc(C2(C)C(=O)Nc3nc(-c4cn5cc(C#N)nc5c(CCC(F)(F)C(F)(F)F)n4)nc(N)c32)cc1. The summed E-state index contributed by atoms with van der Waals surface area (Å²) in [4.78, 5) is 30.0. The van der Waals surface area contributed by atoms with E-state index in [1.165, 1.54) is 16.8 Å². The maximum Gasteiger partial charge on any atom is 0.453 e. The Labute approximate surface area is 217 Å². The molecule has 3 N–H and O–H groups in total. The Hall–Kier alpha value is -4.67. The summed E-state index contributed by atoms with van der Waals surface area (Å²) in [6.45, 7) is 3.58. The van der Waals surface area contributed by atoms with Crippen LogP contribution in [0.25, 0.3) is 17.2 Å². The van der Waals surface area contributed by atoms with Crippen LogP contribution in [-0.4, -0.2) is 42.3 Å². The van der Waals surface area contributed by atoms with Crippen LogP contribution >= 0.6 is 0 Å². The summed E-state index contributed by atoms with van der Waals surface area (Å²) < 4.78 is 66.9. The van der Waals surface area contributed by atoms with Crippen LogP contribution in [0.15, 0.2) is 36.7 Å². The minimum absolute atomic E-state index is 0.0394. The van der Waals surface area contributed by atoms with Crippen LogP contribution in [0.1, 0.15) is 41.4 Å². The molecule has 5 rings (SSSR count). The molecular formula is C25H19F5N8O. The first kappa shape index (κ1) is 26.0. The van der Waals surface area contributed by atoms with Crippen LogP contribution in [0, 0.1) is 18.3 Å². The van der Waals surface area contributed by atoms with Gasteiger partial charge >= 0.3 is 12.1 Å². The number of aromatic nitrogens is 5. The van der Waals surface area contributed by atoms with Crippen molar-refractivity contribution in [3.63, 3.8) is 0 Å². The largest absolute Gasteiger partial charge is 0.453 e. The van der Waals surface area contributed by atoms with E-state index in [2.05, 4.69) is 25.3 Å². The van der Waals surface area contributed by atoms with Gasteiger partial charge < -0.3 is 15.5 Å². The van der Waals surface area contributed by atoms with Crippen molar-refractivity contribution in [2.75, 3.05) is 11.1 Å². The highest BCUT2D eigenvalue weighted by molar-refractivity contribution is 6.09. The quantitative estimate of drug-likeness (QED) is 0.358. The monoisotopic (exact) mass is 542 g/mol. The van der Waals surface area contributed by atoms with E-state index in [1.54, 1.807) is 25.1 Å². The number of halogens is 5. The van der Waals surface area contributed by atoms with Crippen LogP contribution in [0.2, 0.25) is 0 Å². The lowest BCUT2D eigenvalue weighted by atomic mass is 9.77. The average molecular weight is 542 g/mol. The van der Waals surface area contributed by atoms with Gasteiger partial charge in [-0.25, -0.2) is 19.9 Å². The Balaban J connectivity index is 1.60. The zero-order valence-electron chi connectivity index (χ0n) is 20.4. The molecule has 0 fully saturated rings. The number of amides is 1. The molecule has 200 valence electrons. The number of hydrogen-bond acceptors (Lipinski definition) is 7. The zero-order chi connectivity index (χ0) is 28.3. The van der Waals surface area contributed by atoms with Crippen molar-refractivity contribution in [3.8, 4) is 17.6 Å². The zero-order valence-corrected chi connectivity index (χ0v) is 20.4. The van der Waals surface area contributed by atoms with Gasteiger partial charge in [0.1, 0.15) is 28.8 Å². The average Bonchev–Trinajstić information content (AvgIpc) is 3.40. The molecule has 1 amide bonds. The van der Waals surface area contributed by atoms with E-state index in [4.69, 9.17) is 5.73 Å². The summed E-state index contributed by atoms with van der Waals surface area (Å²) in [6.07, 6.45) is -5.54. The second-order valence-electron chi connectivity index (χ2n) is 9.35. The molecule has 4 aromatic rings. The highest BCUT2D eigenvalue weighted by atomic mass is 19.4. The van der Waals surface area contributed by atoms with Gasteiger partial charge in [0.15, 0.2) is 17.2 Å². The van der Waals surface area contributed by atoms with Gasteiger partial charge in [-0.1, -0.05) is 29.8 Å². The van der Waals surface area contributed by atoms with Gasteiger partial charge in [0.25, 0.3) is 0 Å². The molecule has 3 aromatic heterocycles. The van der Waals surface area contributed by atoms with Gasteiger partial charge in [0.05, 0.1) is 11.3 Å². The number of rotatable bonds is 5. The molecule has 1 aliphatic rings. The van der Waals surface area contributed by atoms with Crippen molar-refractivity contribution in [2.24, 2.45) is 0 Å². The first-order valence-electron chi connectivity index (χ1n) is 11.5. The fourth-order valence-electron chi connectivity index (χ4n) is 4.49. The van der Waals surface area contributed by atoms with Gasteiger partial charge in [-0.05, 0) is 25.8 Å². The molecule has 0 spiro atoms. The van der Waals surface area contributed by atoms with E-state index in [1.807, 2.05) is 19.1 Å². The predicted octanol–water partition coefficient (Wildman–Crippen LogP) is 4.34. The standard InChI is InChI=1S/C25H19F5N8O/c1-12-3-5-13(6-4-12)23(2)17-18(32)35-19(36-20(17)37-22(23)39)16-11-38-10-14(9-31)33-21(38)15(34-16)7-8-24(26,27)25(28,29)30/h3-6,10-11H,7-8H2,1-2H3,(H3,32,35,36,37,39). The summed E-state index contributed by atoms with van der Waals surface area (Å²) in [6, 6.07) is 9.07. The molecule has 0 aliphatic carbocycles. The number of fused-ring (bicyclic) bond motifs is 2. The number of nitrogens with zero attached hydrogens (tertiary/aromatic N) is 6. The number of nitrogens with two attached hydrogens (primary N) is 1. The molecule has 39 heavy (non-hydrogen) atoms. The van der Waals surface area contributed by atoms with Crippen LogP contribution in [0.4, 0.5) is 33.6 Å². The Bertz CT molecular complexity index is 1670. The molecule has 1 aromatic carbocycles. The number of aryl methyl sites for hydroxylation is 2. The lowest BCUT2D eigenvalue weighted by molar-refractivity contribution is -0.284. The molecule has 0 radical (unpaired) electrons. The molecular weight excluding hydrogens is 523 g/mol. The number of imidazole rings is 1. The Morgan fingerprint density at radius 3 is 2.41 bits per heavy atom. The molecule has 1 aliphatic heterocycles. The topological polar surface area (TPSA) is 135 Å². The van der Waals surface area contributed by atoms with Crippen LogP contribution in [0.5, 0.6) is 0 Å². The van der Waals surface area contributed by atoms with Crippen LogP contribution in [0.3, 0.4) is 0 Å². The number of nitrogens with one attached hydrogen (secondary N) is 1. The van der Waals surface area contributed by atoms with Crippen molar-refractivity contribution in [1.29, 1.82) is 5.26 Å². The highest BCUT2D eigenvalue weighted by Crippen LogP contribution is 2.45. The number of nitrogen functional groups attached to an aromatic ring is 1. The van der Waals surface area contributed by atoms with E-state index in [9.17, 15) is 32.0 Å². The van der Waals surface area contributed by atoms with Crippen molar-refractivity contribution in [3.05, 3.63) is 64.7 Å². The van der Waals surface area contributed by atoms with E-state index >= 15 is 0 Å². The minimum Gasteiger partial charge on any atom is -0.383 e. The third-order valence-corrected chi connectivity index (χ3v) is 6.69. The normalized spacial score (nSPS) is 17.2. The third kappa shape index (κ3) is 4.19. The van der Waals surface area contributed by atoms with Gasteiger partial charge in [-0.15, -0.1) is 0 Å². The number of hydrogen-bond donors (Lipinski definition) is 2. The highest BCUT2D eigenvalue weighted by Gasteiger charge is 2.56. The number of alkyl halides is 5. The van der Waals surface area contributed by atoms with E-state index in [0.717, 1.165) is 5.56 Å². The maximum atomic E-state index is 13.7. The second kappa shape index (κ2) is 8.69. The van der Waals surface area contributed by atoms with Gasteiger partial charge in [-0.2, -0.15) is 27.2 Å². The van der Waals surface area contributed by atoms with Crippen molar-refractivity contribution < 1.29 is 26.7 Å². The Morgan fingerprint density at radius 1 is 1.08 bits per heavy atom. The first-order chi connectivity index (χ1) is 18.2. The van der Waals surface area contributed by atoms with E-state index in [-0.39, 0.29) is 40.2 Å². The predicted molar refractivity (Wildman–Crippen MR) is 129 cm³/mol. The number of nitriles is 1. The van der Waals surface area contributed by atoms with E-state index < -0.39 is 36.3 Å². The summed E-state index contributed by atoms with van der Waals surface area (Å²) in [5.41, 5.74) is 6.63. The molecule has 1 atom stereocenters. The second-order valence-corrected chi connectivity index (χ2v) is 9.35. The van der Waals surface area contributed by atoms with Gasteiger partial charge in [0, 0.05) is 18.8 Å². The van der Waals surface area contributed by atoms with Crippen molar-refractivity contribution >= 4 is 23.2 Å². The van der Waals surface area contributed by atoms with Crippen LogP contribution in [-0.2, 0) is 16.6 Å². The smallest absolute Gasteiger partial charge is 0.383 e. The summed E-state index contributed by atoms with van der Waals surface area (Å²) >= 11 is 0. The number of benzene rings is 1. The van der Waals surface area contributed by atoms with Gasteiger partial charge in [0.2, 0.25) is 5.91 Å². The van der Waals surface area contributed by atoms with Crippen molar-refractivity contribution in [1.82, 2.24) is 24.3 Å². The fourth-order valence-corrected chi connectivity index (χ4v) is 4.49. The lowest BCUT2D eigenvalue weighted by Gasteiger charge is -2.23. The van der Waals surface area contributed by atoms with Crippen molar-refractivity contribution in [2.45, 2.75) is 44.2 Å². The lowest BCUT2D eigenvalue weighted by Crippen LogP contribution is -2.36. The molecule has 4 heterocycles. The van der Waals surface area contributed by atoms with E-state index in [0.29, 0.717) is 11.1 Å². The number of carbonyl (C=O) groups excluding carboxylic acids is 1. The van der Waals surface area contributed by atoms with Gasteiger partial charge in [-0.3, -0.25) is 4.79 Å². The number of anilines is 2. The Morgan fingerprint density at radius 2 is 1.77 bits per heavy atom. The molecule has 9 nitrogen and oxygen atoms in total. The summed E-state index contributed by atoms with van der Waals surface area (Å²) in [5.74, 6) is -5.41. The fraction of sp³-hybridized carbons (Fsp3) is 0.280. The number of carbonyl (C=O) groups is 1. The Kier molecular flexibility index (Phi) is 5.78. The first-order valence-corrected chi connectivity index (χ1v) is 11.5. The molecule has 0 bridgehead atoms. The molecule has 1 unspecified atom stereocenters. The summed E-state index contributed by atoms with van der Waals surface area (Å²) in [7, 11) is 0. The minimum atomic E-state index is -5.74. The molecule has 0 saturated carbocycles. The molecule has 14 heteroatoms. The van der Waals surface area contributed by atoms with Crippen LogP contribution < -0.4 is 11.1 Å².